The van der Waals surface area contributed by atoms with Gasteiger partial charge >= 0.3 is 0 Å². The maximum absolute atomic E-state index is 4.45. The fourth-order valence-corrected chi connectivity index (χ4v) is 2.77. The Labute approximate surface area is 129 Å². The van der Waals surface area contributed by atoms with Gasteiger partial charge in [0, 0.05) is 44.0 Å². The third kappa shape index (κ3) is 5.29. The van der Waals surface area contributed by atoms with Crippen LogP contribution in [0.3, 0.4) is 0 Å². The molecule has 1 aromatic heterocycles. The van der Waals surface area contributed by atoms with Crippen LogP contribution in [0, 0.1) is 0 Å². The summed E-state index contributed by atoms with van der Waals surface area (Å²) in [6.07, 6.45) is 3.09. The molecule has 1 aliphatic heterocycles. The number of hydrogen-bond donors (Lipinski definition) is 1. The number of nitrogens with one attached hydrogen (secondary N) is 1. The van der Waals surface area contributed by atoms with E-state index in [0.29, 0.717) is 6.04 Å². The van der Waals surface area contributed by atoms with Gasteiger partial charge in [-0.3, -0.25) is 4.90 Å². The molecule has 1 unspecified atom stereocenters. The van der Waals surface area contributed by atoms with Gasteiger partial charge < -0.3 is 10.2 Å². The van der Waals surface area contributed by atoms with E-state index in [-0.39, 0.29) is 5.54 Å². The van der Waals surface area contributed by atoms with Gasteiger partial charge in [0.05, 0.1) is 0 Å². The molecule has 2 rings (SSSR count). The van der Waals surface area contributed by atoms with Crippen LogP contribution in [-0.4, -0.2) is 54.2 Å². The lowest BCUT2D eigenvalue weighted by Crippen LogP contribution is -2.50. The largest absolute Gasteiger partial charge is 0.354 e. The summed E-state index contributed by atoms with van der Waals surface area (Å²) in [5, 5.41) is 3.58. The first-order valence-corrected chi connectivity index (χ1v) is 8.11. The molecule has 0 spiro atoms. The van der Waals surface area contributed by atoms with Gasteiger partial charge in [-0.2, -0.15) is 0 Å². The van der Waals surface area contributed by atoms with Crippen LogP contribution in [0.15, 0.2) is 24.4 Å². The van der Waals surface area contributed by atoms with Crippen molar-refractivity contribution in [2.24, 2.45) is 0 Å². The Balaban J connectivity index is 1.73. The van der Waals surface area contributed by atoms with E-state index in [1.54, 1.807) is 0 Å². The van der Waals surface area contributed by atoms with Crippen LogP contribution < -0.4 is 10.2 Å². The number of aromatic nitrogens is 1. The number of hydrogen-bond acceptors (Lipinski definition) is 4. The maximum atomic E-state index is 4.45. The summed E-state index contributed by atoms with van der Waals surface area (Å²) in [6, 6.07) is 6.79. The lowest BCUT2D eigenvalue weighted by atomic mass is 10.1. The molecule has 1 atom stereocenters. The van der Waals surface area contributed by atoms with Gasteiger partial charge in [-0.05, 0) is 52.8 Å². The Hall–Kier alpha value is -1.13. The van der Waals surface area contributed by atoms with Crippen LogP contribution >= 0.6 is 0 Å². The molecular formula is C17H30N4. The van der Waals surface area contributed by atoms with Crippen LogP contribution in [0.25, 0.3) is 0 Å². The van der Waals surface area contributed by atoms with Crippen molar-refractivity contribution in [2.45, 2.75) is 45.7 Å². The zero-order valence-corrected chi connectivity index (χ0v) is 14.0. The number of rotatable bonds is 5. The lowest BCUT2D eigenvalue weighted by molar-refractivity contribution is 0.185. The second kappa shape index (κ2) is 7.23. The predicted octanol–water partition coefficient (Wildman–Crippen LogP) is 2.37. The topological polar surface area (TPSA) is 31.4 Å². The van der Waals surface area contributed by atoms with Crippen LogP contribution in [0.4, 0.5) is 5.82 Å². The van der Waals surface area contributed by atoms with Crippen molar-refractivity contribution in [3.8, 4) is 0 Å². The van der Waals surface area contributed by atoms with Gasteiger partial charge in [-0.15, -0.1) is 0 Å². The molecule has 0 bridgehead atoms. The second-order valence-electron chi connectivity index (χ2n) is 7.03. The highest BCUT2D eigenvalue weighted by Gasteiger charge is 2.21. The minimum atomic E-state index is 0.220. The van der Waals surface area contributed by atoms with E-state index in [2.05, 4.69) is 59.9 Å². The number of nitrogens with zero attached hydrogens (tertiary/aromatic N) is 3. The molecule has 1 N–H and O–H groups in total. The molecular weight excluding hydrogens is 260 g/mol. The molecule has 1 saturated heterocycles. The van der Waals surface area contributed by atoms with Gasteiger partial charge in [-0.25, -0.2) is 4.98 Å². The summed E-state index contributed by atoms with van der Waals surface area (Å²) >= 11 is 0. The van der Waals surface area contributed by atoms with Crippen molar-refractivity contribution in [3.63, 3.8) is 0 Å². The van der Waals surface area contributed by atoms with E-state index in [9.17, 15) is 0 Å². The van der Waals surface area contributed by atoms with Crippen LogP contribution in [0.2, 0.25) is 0 Å². The van der Waals surface area contributed by atoms with Gasteiger partial charge in [0.25, 0.3) is 0 Å². The predicted molar refractivity (Wildman–Crippen MR) is 89.9 cm³/mol. The van der Waals surface area contributed by atoms with Crippen molar-refractivity contribution in [2.75, 3.05) is 37.6 Å². The minimum Gasteiger partial charge on any atom is -0.354 e. The van der Waals surface area contributed by atoms with Gasteiger partial charge in [0.1, 0.15) is 5.82 Å². The first-order valence-electron chi connectivity index (χ1n) is 8.11. The molecule has 1 aliphatic rings. The summed E-state index contributed by atoms with van der Waals surface area (Å²) in [6.45, 7) is 14.5. The quantitative estimate of drug-likeness (QED) is 0.902. The molecule has 0 saturated carbocycles. The van der Waals surface area contributed by atoms with Gasteiger partial charge in [0.2, 0.25) is 0 Å². The Morgan fingerprint density at radius 1 is 1.19 bits per heavy atom. The molecule has 21 heavy (non-hydrogen) atoms. The molecule has 0 aliphatic carbocycles. The highest BCUT2D eigenvalue weighted by molar-refractivity contribution is 5.38. The van der Waals surface area contributed by atoms with Crippen molar-refractivity contribution in [1.29, 1.82) is 0 Å². The zero-order valence-electron chi connectivity index (χ0n) is 14.0. The van der Waals surface area contributed by atoms with Crippen molar-refractivity contribution in [1.82, 2.24) is 15.2 Å². The number of piperazine rings is 1. The maximum Gasteiger partial charge on any atom is 0.128 e. The smallest absolute Gasteiger partial charge is 0.128 e. The molecule has 0 aromatic carbocycles. The fraction of sp³-hybridized carbons (Fsp3) is 0.706. The lowest BCUT2D eigenvalue weighted by Gasteiger charge is -2.39. The van der Waals surface area contributed by atoms with Crippen LogP contribution in [-0.2, 0) is 0 Å². The molecule has 4 nitrogen and oxygen atoms in total. The first kappa shape index (κ1) is 16.2. The summed E-state index contributed by atoms with van der Waals surface area (Å²) in [4.78, 5) is 9.43. The fourth-order valence-electron chi connectivity index (χ4n) is 2.77. The minimum absolute atomic E-state index is 0.220. The van der Waals surface area contributed by atoms with E-state index in [1.807, 2.05) is 12.3 Å². The van der Waals surface area contributed by atoms with Crippen molar-refractivity contribution >= 4 is 5.82 Å². The second-order valence-corrected chi connectivity index (χ2v) is 7.03. The third-order valence-corrected chi connectivity index (χ3v) is 4.13. The standard InChI is InChI=1S/C17H30N4/c1-15(8-10-19-17(2,3)4)20-11-13-21(14-12-20)16-7-5-6-9-18-16/h5-7,9,15,19H,8,10-14H2,1-4H3. The average Bonchev–Trinajstić information content (AvgIpc) is 2.47. The van der Waals surface area contributed by atoms with Crippen LogP contribution in [0.1, 0.15) is 34.1 Å². The Bertz CT molecular complexity index is 405. The molecule has 0 amide bonds. The Kier molecular flexibility index (Phi) is 5.59. The third-order valence-electron chi connectivity index (χ3n) is 4.13. The first-order chi connectivity index (χ1) is 9.96. The molecule has 4 heteroatoms. The van der Waals surface area contributed by atoms with Crippen molar-refractivity contribution < 1.29 is 0 Å². The molecule has 2 heterocycles. The van der Waals surface area contributed by atoms with E-state index in [4.69, 9.17) is 0 Å². The zero-order chi connectivity index (χ0) is 15.3. The van der Waals surface area contributed by atoms with E-state index in [0.717, 1.165) is 38.5 Å². The summed E-state index contributed by atoms with van der Waals surface area (Å²) < 4.78 is 0. The van der Waals surface area contributed by atoms with E-state index < -0.39 is 0 Å². The van der Waals surface area contributed by atoms with Gasteiger partial charge in [-0.1, -0.05) is 6.07 Å². The molecule has 0 radical (unpaired) electrons. The van der Waals surface area contributed by atoms with Gasteiger partial charge in [0.15, 0.2) is 0 Å². The van der Waals surface area contributed by atoms with E-state index in [1.165, 1.54) is 6.42 Å². The number of pyridine rings is 1. The average molecular weight is 290 g/mol. The Morgan fingerprint density at radius 2 is 1.90 bits per heavy atom. The van der Waals surface area contributed by atoms with E-state index >= 15 is 0 Å². The summed E-state index contributed by atoms with van der Waals surface area (Å²) in [5.41, 5.74) is 0.220. The molecule has 1 aromatic rings. The Morgan fingerprint density at radius 3 is 2.48 bits per heavy atom. The normalized spacial score (nSPS) is 18.8. The van der Waals surface area contributed by atoms with Crippen molar-refractivity contribution in [3.05, 3.63) is 24.4 Å². The molecule has 1 fully saturated rings. The highest BCUT2D eigenvalue weighted by atomic mass is 15.3. The SMILES string of the molecule is CC(CCNC(C)(C)C)N1CCN(c2ccccn2)CC1. The summed E-state index contributed by atoms with van der Waals surface area (Å²) in [5.74, 6) is 1.11. The molecule has 118 valence electrons. The monoisotopic (exact) mass is 290 g/mol. The number of anilines is 1. The summed E-state index contributed by atoms with van der Waals surface area (Å²) in [7, 11) is 0. The highest BCUT2D eigenvalue weighted by Crippen LogP contribution is 2.15. The van der Waals surface area contributed by atoms with Crippen LogP contribution in [0.5, 0.6) is 0 Å².